The Morgan fingerprint density at radius 2 is 1.82 bits per heavy atom. The quantitative estimate of drug-likeness (QED) is 0.366. The van der Waals surface area contributed by atoms with Crippen LogP contribution >= 0.6 is 11.6 Å². The SMILES string of the molecule is CCOc1cc(C2c3c(-c4ccc(Cl)cc4)n[nH]c3C(=O)N2Cc2ccc(C)cc2)ccc1O. The van der Waals surface area contributed by atoms with Crippen LogP contribution in [0.15, 0.2) is 66.7 Å². The zero-order valence-corrected chi connectivity index (χ0v) is 19.6. The molecule has 34 heavy (non-hydrogen) atoms. The second-order valence-electron chi connectivity index (χ2n) is 8.35. The Labute approximate surface area is 202 Å². The number of H-pyrrole nitrogens is 1. The molecule has 1 aliphatic heterocycles. The number of amides is 1. The number of rotatable bonds is 6. The summed E-state index contributed by atoms with van der Waals surface area (Å²) in [6, 6.07) is 20.4. The first-order valence-corrected chi connectivity index (χ1v) is 11.5. The van der Waals surface area contributed by atoms with Crippen LogP contribution in [0.3, 0.4) is 0 Å². The fraction of sp³-hybridized carbons (Fsp3) is 0.185. The summed E-state index contributed by atoms with van der Waals surface area (Å²) in [6.07, 6.45) is 0. The van der Waals surface area contributed by atoms with Crippen LogP contribution in [0.25, 0.3) is 11.3 Å². The van der Waals surface area contributed by atoms with Gasteiger partial charge in [-0.15, -0.1) is 0 Å². The predicted molar refractivity (Wildman–Crippen MR) is 131 cm³/mol. The number of phenols is 1. The molecule has 5 rings (SSSR count). The summed E-state index contributed by atoms with van der Waals surface area (Å²) in [5.74, 6) is 0.317. The van der Waals surface area contributed by atoms with E-state index in [4.69, 9.17) is 16.3 Å². The van der Waals surface area contributed by atoms with Gasteiger partial charge in [0.2, 0.25) is 0 Å². The first kappa shape index (κ1) is 22.0. The Hall–Kier alpha value is -3.77. The van der Waals surface area contributed by atoms with Gasteiger partial charge in [0.05, 0.1) is 18.3 Å². The first-order valence-electron chi connectivity index (χ1n) is 11.1. The van der Waals surface area contributed by atoms with Crippen LogP contribution in [0, 0.1) is 6.92 Å². The van der Waals surface area contributed by atoms with E-state index in [1.165, 1.54) is 0 Å². The molecule has 2 N–H and O–H groups in total. The molecule has 1 aromatic heterocycles. The summed E-state index contributed by atoms with van der Waals surface area (Å²) in [5.41, 5.74) is 5.84. The first-order chi connectivity index (χ1) is 16.5. The highest BCUT2D eigenvalue weighted by Crippen LogP contribution is 2.45. The Morgan fingerprint density at radius 1 is 1.09 bits per heavy atom. The van der Waals surface area contributed by atoms with Gasteiger partial charge in [0, 0.05) is 22.7 Å². The number of fused-ring (bicyclic) bond motifs is 1. The van der Waals surface area contributed by atoms with Crippen LogP contribution in [-0.4, -0.2) is 32.7 Å². The average molecular weight is 474 g/mol. The Kier molecular flexibility index (Phi) is 5.75. The van der Waals surface area contributed by atoms with E-state index < -0.39 is 6.04 Å². The van der Waals surface area contributed by atoms with Crippen LogP contribution in [0.2, 0.25) is 5.02 Å². The van der Waals surface area contributed by atoms with Crippen LogP contribution in [-0.2, 0) is 6.54 Å². The maximum Gasteiger partial charge on any atom is 0.273 e. The minimum Gasteiger partial charge on any atom is -0.504 e. The normalized spacial score (nSPS) is 15.0. The molecule has 1 unspecified atom stereocenters. The number of hydrogen-bond donors (Lipinski definition) is 2. The molecule has 172 valence electrons. The number of halogens is 1. The molecule has 0 spiro atoms. The van der Waals surface area contributed by atoms with E-state index >= 15 is 0 Å². The largest absolute Gasteiger partial charge is 0.504 e. The van der Waals surface area contributed by atoms with Gasteiger partial charge < -0.3 is 14.7 Å². The molecule has 0 saturated heterocycles. The van der Waals surface area contributed by atoms with Crippen molar-refractivity contribution >= 4 is 17.5 Å². The predicted octanol–water partition coefficient (Wildman–Crippen LogP) is 5.89. The molecular formula is C27H24ClN3O3. The molecule has 1 amide bonds. The number of nitrogens with zero attached hydrogens (tertiary/aromatic N) is 2. The van der Waals surface area contributed by atoms with E-state index in [2.05, 4.69) is 10.2 Å². The molecule has 6 nitrogen and oxygen atoms in total. The maximum atomic E-state index is 13.6. The Balaban J connectivity index is 1.65. The number of carbonyl (C=O) groups excluding carboxylic acids is 1. The molecule has 0 saturated carbocycles. The van der Waals surface area contributed by atoms with Crippen molar-refractivity contribution in [3.63, 3.8) is 0 Å². The van der Waals surface area contributed by atoms with E-state index in [1.54, 1.807) is 12.1 Å². The van der Waals surface area contributed by atoms with Gasteiger partial charge in [0.15, 0.2) is 11.5 Å². The third-order valence-electron chi connectivity index (χ3n) is 6.05. The van der Waals surface area contributed by atoms with E-state index in [1.807, 2.05) is 73.3 Å². The number of ether oxygens (including phenoxy) is 1. The Morgan fingerprint density at radius 3 is 2.53 bits per heavy atom. The lowest BCUT2D eigenvalue weighted by atomic mass is 9.95. The number of aromatic nitrogens is 2. The van der Waals surface area contributed by atoms with Crippen LogP contribution in [0.4, 0.5) is 0 Å². The molecule has 3 aromatic carbocycles. The third-order valence-corrected chi connectivity index (χ3v) is 6.31. The van der Waals surface area contributed by atoms with Gasteiger partial charge >= 0.3 is 0 Å². The highest BCUT2D eigenvalue weighted by molar-refractivity contribution is 6.30. The molecular weight excluding hydrogens is 450 g/mol. The third kappa shape index (κ3) is 3.90. The fourth-order valence-electron chi connectivity index (χ4n) is 4.40. The molecule has 0 fully saturated rings. The second kappa shape index (κ2) is 8.88. The van der Waals surface area contributed by atoms with Gasteiger partial charge in [-0.25, -0.2) is 0 Å². The number of phenolic OH excluding ortho intramolecular Hbond substituents is 1. The van der Waals surface area contributed by atoms with Gasteiger partial charge in [-0.05, 0) is 49.2 Å². The summed E-state index contributed by atoms with van der Waals surface area (Å²) in [5, 5.41) is 18.4. The molecule has 2 heterocycles. The monoisotopic (exact) mass is 473 g/mol. The van der Waals surface area contributed by atoms with E-state index in [0.717, 1.165) is 27.8 Å². The fourth-order valence-corrected chi connectivity index (χ4v) is 4.52. The van der Waals surface area contributed by atoms with Gasteiger partial charge in [-0.3, -0.25) is 9.89 Å². The number of aromatic amines is 1. The van der Waals surface area contributed by atoms with Crippen LogP contribution < -0.4 is 4.74 Å². The summed E-state index contributed by atoms with van der Waals surface area (Å²) >= 11 is 6.10. The molecule has 0 radical (unpaired) electrons. The van der Waals surface area contributed by atoms with Crippen LogP contribution in [0.1, 0.15) is 45.7 Å². The molecule has 0 bridgehead atoms. The van der Waals surface area contributed by atoms with E-state index in [0.29, 0.717) is 35.3 Å². The van der Waals surface area contributed by atoms with Crippen molar-refractivity contribution in [3.05, 3.63) is 99.7 Å². The van der Waals surface area contributed by atoms with Crippen molar-refractivity contribution in [1.29, 1.82) is 0 Å². The number of aryl methyl sites for hydroxylation is 1. The second-order valence-corrected chi connectivity index (χ2v) is 8.79. The van der Waals surface area contributed by atoms with Crippen molar-refractivity contribution in [1.82, 2.24) is 15.1 Å². The van der Waals surface area contributed by atoms with Crippen LogP contribution in [0.5, 0.6) is 11.5 Å². The molecule has 1 atom stereocenters. The van der Waals surface area contributed by atoms with E-state index in [-0.39, 0.29) is 11.7 Å². The molecule has 1 aliphatic rings. The lowest BCUT2D eigenvalue weighted by Crippen LogP contribution is -2.29. The summed E-state index contributed by atoms with van der Waals surface area (Å²) < 4.78 is 5.64. The van der Waals surface area contributed by atoms with Gasteiger partial charge in [-0.2, -0.15) is 5.10 Å². The Bertz CT molecular complexity index is 1350. The van der Waals surface area contributed by atoms with Gasteiger partial charge in [0.25, 0.3) is 5.91 Å². The minimum atomic E-state index is -0.409. The minimum absolute atomic E-state index is 0.0605. The lowest BCUT2D eigenvalue weighted by Gasteiger charge is -2.27. The number of benzene rings is 3. The van der Waals surface area contributed by atoms with Gasteiger partial charge in [-0.1, -0.05) is 59.6 Å². The highest BCUT2D eigenvalue weighted by Gasteiger charge is 2.42. The van der Waals surface area contributed by atoms with Crippen molar-refractivity contribution in [2.24, 2.45) is 0 Å². The maximum absolute atomic E-state index is 13.6. The zero-order chi connectivity index (χ0) is 23.8. The van der Waals surface area contributed by atoms with Crippen molar-refractivity contribution < 1.29 is 14.6 Å². The van der Waals surface area contributed by atoms with Crippen molar-refractivity contribution in [2.75, 3.05) is 6.61 Å². The summed E-state index contributed by atoms with van der Waals surface area (Å²) in [7, 11) is 0. The van der Waals surface area contributed by atoms with E-state index in [9.17, 15) is 9.90 Å². The molecule has 7 heteroatoms. The average Bonchev–Trinajstić information content (AvgIpc) is 3.37. The number of nitrogens with one attached hydrogen (secondary N) is 1. The van der Waals surface area contributed by atoms with Crippen molar-refractivity contribution in [2.45, 2.75) is 26.4 Å². The topological polar surface area (TPSA) is 78.5 Å². The molecule has 0 aliphatic carbocycles. The number of aromatic hydroxyl groups is 1. The number of hydrogen-bond acceptors (Lipinski definition) is 4. The smallest absolute Gasteiger partial charge is 0.273 e. The van der Waals surface area contributed by atoms with Crippen molar-refractivity contribution in [3.8, 4) is 22.8 Å². The molecule has 4 aromatic rings. The highest BCUT2D eigenvalue weighted by atomic mass is 35.5. The van der Waals surface area contributed by atoms with Gasteiger partial charge in [0.1, 0.15) is 5.69 Å². The summed E-state index contributed by atoms with van der Waals surface area (Å²) in [4.78, 5) is 15.4. The standard InChI is InChI=1S/C27H24ClN3O3/c1-3-34-22-14-19(10-13-21(22)32)26-23-24(18-8-11-20(28)12-9-18)29-30-25(23)27(33)31(26)15-17-6-4-16(2)5-7-17/h4-14,26,32H,3,15H2,1-2H3,(H,29,30). The number of carbonyl (C=O) groups is 1. The lowest BCUT2D eigenvalue weighted by molar-refractivity contribution is 0.0730. The summed E-state index contributed by atoms with van der Waals surface area (Å²) in [6.45, 7) is 4.74. The zero-order valence-electron chi connectivity index (χ0n) is 18.9.